The van der Waals surface area contributed by atoms with Gasteiger partial charge in [-0.1, -0.05) is 41.4 Å². The molecule has 39 heavy (non-hydrogen) atoms. The van der Waals surface area contributed by atoms with Gasteiger partial charge in [0.2, 0.25) is 11.8 Å². The topological polar surface area (TPSA) is 106 Å². The third-order valence-electron chi connectivity index (χ3n) is 7.99. The first kappa shape index (κ1) is 27.3. The molecule has 1 N–H and O–H groups in total. The van der Waals surface area contributed by atoms with E-state index in [2.05, 4.69) is 34.8 Å². The van der Waals surface area contributed by atoms with Crippen molar-refractivity contribution in [3.8, 4) is 5.75 Å². The van der Waals surface area contributed by atoms with E-state index in [9.17, 15) is 19.5 Å². The Balaban J connectivity index is 1.45. The maximum Gasteiger partial charge on any atom is 0.423 e. The smallest absolute Gasteiger partial charge is 0.423 e. The Morgan fingerprint density at radius 1 is 1.23 bits per heavy atom. The van der Waals surface area contributed by atoms with Crippen molar-refractivity contribution in [2.24, 2.45) is 23.7 Å². The Hall–Kier alpha value is -3.30. The summed E-state index contributed by atoms with van der Waals surface area (Å²) in [7, 11) is 1.17. The molecule has 1 aliphatic carbocycles. The number of phenolic OH excluding ortho intramolecular Hbond substituents is 1. The number of rotatable bonds is 6. The predicted octanol–water partition coefficient (Wildman–Crippen LogP) is 5.61. The second kappa shape index (κ2) is 11.1. The molecule has 3 amide bonds. The van der Waals surface area contributed by atoms with E-state index >= 15 is 0 Å². The molecule has 9 heteroatoms. The number of nitrogens with zero attached hydrogens (tertiary/aromatic N) is 2. The fourth-order valence-corrected chi connectivity index (χ4v) is 6.55. The van der Waals surface area contributed by atoms with Crippen LogP contribution >= 0.6 is 15.9 Å². The summed E-state index contributed by atoms with van der Waals surface area (Å²) >= 11 is 3.48. The van der Waals surface area contributed by atoms with E-state index in [-0.39, 0.29) is 23.7 Å². The second-order valence-corrected chi connectivity index (χ2v) is 11.4. The molecule has 0 unspecified atom stereocenters. The highest BCUT2D eigenvalue weighted by molar-refractivity contribution is 9.10. The largest absolute Gasteiger partial charge is 0.507 e. The van der Waals surface area contributed by atoms with E-state index in [0.29, 0.717) is 36.3 Å². The van der Waals surface area contributed by atoms with Crippen LogP contribution in [0.25, 0.3) is 11.6 Å². The summed E-state index contributed by atoms with van der Waals surface area (Å²) in [4.78, 5) is 43.8. The van der Waals surface area contributed by atoms with E-state index < -0.39 is 29.7 Å². The number of allylic oxidation sites excluding steroid dienone is 2. The second-order valence-electron chi connectivity index (χ2n) is 10.5. The highest BCUT2D eigenvalue weighted by atomic mass is 79.9. The van der Waals surface area contributed by atoms with Crippen molar-refractivity contribution < 1.29 is 29.0 Å². The van der Waals surface area contributed by atoms with Crippen molar-refractivity contribution in [3.63, 3.8) is 0 Å². The number of pyridine rings is 1. The Morgan fingerprint density at radius 2 is 2.03 bits per heavy atom. The van der Waals surface area contributed by atoms with Crippen LogP contribution in [-0.4, -0.2) is 52.7 Å². The number of amides is 3. The molecule has 0 radical (unpaired) electrons. The summed E-state index contributed by atoms with van der Waals surface area (Å²) < 4.78 is 11.9. The molecule has 3 heterocycles. The van der Waals surface area contributed by atoms with Gasteiger partial charge < -0.3 is 14.6 Å². The molecule has 2 saturated heterocycles. The number of carbonyl (C=O) groups excluding carboxylic acids is 3. The molecule has 5 rings (SSSR count). The van der Waals surface area contributed by atoms with E-state index in [1.54, 1.807) is 18.3 Å². The van der Waals surface area contributed by atoms with Gasteiger partial charge in [-0.15, -0.1) is 0 Å². The standard InChI is InChI=1S/C30H31BrN2O6/c1-16(2)20-14-21-27(29(36)33(28(21)35)30(37)38-3)22-15-39-25(26(20)22)10-7-17(23-6-4-5-11-32-23)12-18-13-19(31)8-9-24(18)34/h4-6,8-9,11-13,16,21-22,25,27,34H,7,10,14-15H2,1-3H3/b17-12-/t21-,22+,25-,27-/m1/s1. The average Bonchev–Trinajstić information content (AvgIpc) is 3.46. The molecule has 4 atom stereocenters. The summed E-state index contributed by atoms with van der Waals surface area (Å²) in [6, 6.07) is 11.0. The van der Waals surface area contributed by atoms with Gasteiger partial charge in [-0.25, -0.2) is 4.79 Å². The van der Waals surface area contributed by atoms with E-state index in [0.717, 1.165) is 26.9 Å². The summed E-state index contributed by atoms with van der Waals surface area (Å²) in [5.74, 6) is -2.10. The molecule has 1 aromatic heterocycles. The van der Waals surface area contributed by atoms with Crippen LogP contribution < -0.4 is 0 Å². The van der Waals surface area contributed by atoms with Crippen molar-refractivity contribution >= 4 is 45.5 Å². The average molecular weight is 595 g/mol. The molecule has 0 bridgehead atoms. The molecule has 2 aliphatic heterocycles. The van der Waals surface area contributed by atoms with Gasteiger partial charge in [-0.3, -0.25) is 14.6 Å². The molecular formula is C30H31BrN2O6. The number of phenols is 1. The number of fused-ring (bicyclic) bond motifs is 3. The number of hydrogen-bond acceptors (Lipinski definition) is 7. The minimum absolute atomic E-state index is 0.159. The molecule has 1 aromatic carbocycles. The van der Waals surface area contributed by atoms with Gasteiger partial charge in [0.15, 0.2) is 0 Å². The normalized spacial score (nSPS) is 24.8. The van der Waals surface area contributed by atoms with Gasteiger partial charge in [-0.2, -0.15) is 4.90 Å². The van der Waals surface area contributed by atoms with Crippen LogP contribution in [-0.2, 0) is 19.1 Å². The lowest BCUT2D eigenvalue weighted by atomic mass is 9.67. The van der Waals surface area contributed by atoms with Crippen LogP contribution in [0, 0.1) is 23.7 Å². The number of ether oxygens (including phenoxy) is 2. The van der Waals surface area contributed by atoms with Gasteiger partial charge in [0, 0.05) is 22.2 Å². The Kier molecular flexibility index (Phi) is 7.73. The number of likely N-dealkylation sites (tertiary alicyclic amines) is 1. The summed E-state index contributed by atoms with van der Waals surface area (Å²) in [5, 5.41) is 10.5. The molecule has 3 aliphatic rings. The SMILES string of the molecule is COC(=O)N1C(=O)[C@@H]2[C@@H](CC(C(C)C)=C3[C@@H](CC/C(=C/c4cc(Br)ccc4O)c4ccccn4)OC[C@@H]32)C1=O. The molecule has 8 nitrogen and oxygen atoms in total. The third kappa shape index (κ3) is 5.05. The van der Waals surface area contributed by atoms with Gasteiger partial charge in [-0.05, 0) is 72.7 Å². The van der Waals surface area contributed by atoms with Crippen LogP contribution in [0.5, 0.6) is 5.75 Å². The summed E-state index contributed by atoms with van der Waals surface area (Å²) in [5.41, 5.74) is 4.64. The lowest BCUT2D eigenvalue weighted by molar-refractivity contribution is -0.137. The fraction of sp³-hybridized carbons (Fsp3) is 0.400. The van der Waals surface area contributed by atoms with Crippen molar-refractivity contribution in [2.45, 2.75) is 39.2 Å². The third-order valence-corrected chi connectivity index (χ3v) is 8.48. The number of aromatic nitrogens is 1. The Bertz CT molecular complexity index is 1370. The number of hydrogen-bond donors (Lipinski definition) is 1. The molecule has 2 fully saturated rings. The quantitative estimate of drug-likeness (QED) is 0.342. The molecular weight excluding hydrogens is 564 g/mol. The maximum atomic E-state index is 13.3. The maximum absolute atomic E-state index is 13.3. The number of imide groups is 3. The Labute approximate surface area is 235 Å². The number of halogens is 1. The Morgan fingerprint density at radius 3 is 2.72 bits per heavy atom. The highest BCUT2D eigenvalue weighted by Gasteiger charge is 2.59. The molecule has 2 aromatic rings. The van der Waals surface area contributed by atoms with Crippen molar-refractivity contribution in [1.82, 2.24) is 9.88 Å². The minimum Gasteiger partial charge on any atom is -0.507 e. The lowest BCUT2D eigenvalue weighted by Crippen LogP contribution is -2.38. The molecule has 0 saturated carbocycles. The number of carbonyl (C=O) groups is 3. The van der Waals surface area contributed by atoms with Gasteiger partial charge in [0.1, 0.15) is 5.75 Å². The molecule has 204 valence electrons. The highest BCUT2D eigenvalue weighted by Crippen LogP contribution is 2.51. The number of benzene rings is 1. The minimum atomic E-state index is -0.927. The zero-order chi connectivity index (χ0) is 27.8. The van der Waals surface area contributed by atoms with Crippen LogP contribution in [0.3, 0.4) is 0 Å². The lowest BCUT2D eigenvalue weighted by Gasteiger charge is -2.33. The van der Waals surface area contributed by atoms with Crippen molar-refractivity contribution in [2.75, 3.05) is 13.7 Å². The van der Waals surface area contributed by atoms with Crippen LogP contribution in [0.2, 0.25) is 0 Å². The fourth-order valence-electron chi connectivity index (χ4n) is 6.17. The van der Waals surface area contributed by atoms with Gasteiger partial charge >= 0.3 is 6.09 Å². The summed E-state index contributed by atoms with van der Waals surface area (Å²) in [6.07, 6.45) is 4.21. The first-order chi connectivity index (χ1) is 18.7. The predicted molar refractivity (Wildman–Crippen MR) is 148 cm³/mol. The van der Waals surface area contributed by atoms with Crippen molar-refractivity contribution in [1.29, 1.82) is 0 Å². The van der Waals surface area contributed by atoms with Crippen LogP contribution in [0.1, 0.15) is 44.4 Å². The number of methoxy groups -OCH3 is 1. The van der Waals surface area contributed by atoms with Gasteiger partial charge in [0.05, 0.1) is 37.4 Å². The number of aromatic hydroxyl groups is 1. The van der Waals surface area contributed by atoms with E-state index in [4.69, 9.17) is 9.47 Å². The van der Waals surface area contributed by atoms with Crippen LogP contribution in [0.4, 0.5) is 4.79 Å². The summed E-state index contributed by atoms with van der Waals surface area (Å²) in [6.45, 7) is 4.49. The zero-order valence-electron chi connectivity index (χ0n) is 22.1. The van der Waals surface area contributed by atoms with Crippen LogP contribution in [0.15, 0.2) is 58.2 Å². The van der Waals surface area contributed by atoms with Gasteiger partial charge in [0.25, 0.3) is 0 Å². The first-order valence-corrected chi connectivity index (χ1v) is 13.9. The first-order valence-electron chi connectivity index (χ1n) is 13.1. The van der Waals surface area contributed by atoms with E-state index in [1.165, 1.54) is 7.11 Å². The van der Waals surface area contributed by atoms with Crippen molar-refractivity contribution in [3.05, 3.63) is 69.5 Å². The zero-order valence-corrected chi connectivity index (χ0v) is 23.7. The van der Waals surface area contributed by atoms with E-state index in [1.807, 2.05) is 30.3 Å². The monoisotopic (exact) mass is 594 g/mol. The molecule has 0 spiro atoms.